The number of amides is 3. The highest BCUT2D eigenvalue weighted by atomic mass is 19.4. The molecule has 1 heterocycles. The van der Waals surface area contributed by atoms with Crippen molar-refractivity contribution >= 4 is 11.9 Å². The number of nitrogens with zero attached hydrogens (tertiary/aromatic N) is 1. The molecule has 0 saturated carbocycles. The number of alkyl halides is 3. The number of rotatable bonds is 6. The van der Waals surface area contributed by atoms with Gasteiger partial charge in [-0.2, -0.15) is 13.2 Å². The van der Waals surface area contributed by atoms with Crippen molar-refractivity contribution in [1.82, 2.24) is 15.2 Å². The van der Waals surface area contributed by atoms with Crippen LogP contribution in [-0.4, -0.2) is 36.8 Å². The molecule has 10 heteroatoms. The van der Waals surface area contributed by atoms with Gasteiger partial charge in [-0.3, -0.25) is 14.9 Å². The number of carbonyl (C=O) groups is 2. The van der Waals surface area contributed by atoms with Crippen LogP contribution in [0.4, 0.5) is 18.0 Å². The summed E-state index contributed by atoms with van der Waals surface area (Å²) in [4.78, 5) is 35.6. The standard InChI is InChI=1S/C18H18F3N3O4/c1-28-8-7-22-17(27)23-16(26)13-4-2-3-12(9-13)10-24-11-14(18(19,20)21)5-6-15(24)25/h2-6,9,11H,7-8,10H2,1H3,(H2,22,23,26,27). The van der Waals surface area contributed by atoms with Gasteiger partial charge in [-0.05, 0) is 23.8 Å². The Morgan fingerprint density at radius 2 is 1.93 bits per heavy atom. The van der Waals surface area contributed by atoms with Gasteiger partial charge in [-0.1, -0.05) is 12.1 Å². The second-order valence-electron chi connectivity index (χ2n) is 5.78. The summed E-state index contributed by atoms with van der Waals surface area (Å²) in [7, 11) is 1.46. The molecule has 0 spiro atoms. The summed E-state index contributed by atoms with van der Waals surface area (Å²) in [6.07, 6.45) is -3.86. The lowest BCUT2D eigenvalue weighted by Crippen LogP contribution is -2.40. The van der Waals surface area contributed by atoms with Crippen LogP contribution >= 0.6 is 0 Å². The van der Waals surface area contributed by atoms with Gasteiger partial charge in [-0.25, -0.2) is 4.79 Å². The molecule has 2 aromatic rings. The summed E-state index contributed by atoms with van der Waals surface area (Å²) >= 11 is 0. The van der Waals surface area contributed by atoms with Gasteiger partial charge in [0.1, 0.15) is 0 Å². The van der Waals surface area contributed by atoms with E-state index in [0.717, 1.165) is 16.8 Å². The smallest absolute Gasteiger partial charge is 0.383 e. The molecule has 0 atom stereocenters. The van der Waals surface area contributed by atoms with Crippen molar-refractivity contribution in [1.29, 1.82) is 0 Å². The molecule has 1 aromatic carbocycles. The molecule has 7 nitrogen and oxygen atoms in total. The molecule has 0 aliphatic heterocycles. The molecule has 28 heavy (non-hydrogen) atoms. The van der Waals surface area contributed by atoms with E-state index in [1.54, 1.807) is 6.07 Å². The van der Waals surface area contributed by atoms with Crippen molar-refractivity contribution in [2.45, 2.75) is 12.7 Å². The molecule has 0 aliphatic carbocycles. The van der Waals surface area contributed by atoms with Gasteiger partial charge in [-0.15, -0.1) is 0 Å². The topological polar surface area (TPSA) is 89.4 Å². The van der Waals surface area contributed by atoms with Gasteiger partial charge < -0.3 is 14.6 Å². The summed E-state index contributed by atoms with van der Waals surface area (Å²) in [6.45, 7) is 0.334. The van der Waals surface area contributed by atoms with Crippen LogP contribution in [0.3, 0.4) is 0 Å². The van der Waals surface area contributed by atoms with Crippen LogP contribution in [0.2, 0.25) is 0 Å². The van der Waals surface area contributed by atoms with Crippen molar-refractivity contribution in [3.8, 4) is 0 Å². The summed E-state index contributed by atoms with van der Waals surface area (Å²) < 4.78 is 44.1. The van der Waals surface area contributed by atoms with Crippen LogP contribution in [0.1, 0.15) is 21.5 Å². The quantitative estimate of drug-likeness (QED) is 0.730. The lowest BCUT2D eigenvalue weighted by molar-refractivity contribution is -0.138. The minimum absolute atomic E-state index is 0.124. The summed E-state index contributed by atoms with van der Waals surface area (Å²) in [5.74, 6) is -0.687. The zero-order valence-electron chi connectivity index (χ0n) is 14.9. The first-order valence-electron chi connectivity index (χ1n) is 8.15. The summed E-state index contributed by atoms with van der Waals surface area (Å²) in [5.41, 5.74) is -1.01. The number of ether oxygens (including phenoxy) is 1. The summed E-state index contributed by atoms with van der Waals surface area (Å²) in [5, 5.41) is 4.54. The fraction of sp³-hybridized carbons (Fsp3) is 0.278. The van der Waals surface area contributed by atoms with Crippen LogP contribution in [0.25, 0.3) is 0 Å². The predicted molar refractivity (Wildman–Crippen MR) is 94.0 cm³/mol. The predicted octanol–water partition coefficient (Wildman–Crippen LogP) is 2.00. The molecule has 0 bridgehead atoms. The highest BCUT2D eigenvalue weighted by molar-refractivity contribution is 6.04. The van der Waals surface area contributed by atoms with Crippen LogP contribution in [0.15, 0.2) is 47.4 Å². The number of methoxy groups -OCH3 is 1. The Morgan fingerprint density at radius 1 is 1.18 bits per heavy atom. The van der Waals surface area contributed by atoms with E-state index in [9.17, 15) is 27.6 Å². The Balaban J connectivity index is 2.12. The first kappa shape index (κ1) is 21.2. The molecular weight excluding hydrogens is 379 g/mol. The first-order valence-corrected chi connectivity index (χ1v) is 8.15. The number of imide groups is 1. The third-order valence-corrected chi connectivity index (χ3v) is 3.67. The molecule has 2 rings (SSSR count). The van der Waals surface area contributed by atoms with E-state index in [2.05, 4.69) is 10.6 Å². The molecule has 1 aromatic heterocycles. The number of hydrogen-bond donors (Lipinski definition) is 2. The lowest BCUT2D eigenvalue weighted by Gasteiger charge is -2.11. The van der Waals surface area contributed by atoms with Crippen molar-refractivity contribution in [3.63, 3.8) is 0 Å². The second-order valence-corrected chi connectivity index (χ2v) is 5.78. The van der Waals surface area contributed by atoms with E-state index in [-0.39, 0.29) is 25.3 Å². The van der Waals surface area contributed by atoms with Crippen molar-refractivity contribution in [2.24, 2.45) is 0 Å². The van der Waals surface area contributed by atoms with Gasteiger partial charge >= 0.3 is 12.2 Å². The molecule has 0 aliphatic rings. The number of aromatic nitrogens is 1. The number of hydrogen-bond acceptors (Lipinski definition) is 4. The SMILES string of the molecule is COCCNC(=O)NC(=O)c1cccc(Cn2cc(C(F)(F)F)ccc2=O)c1. The molecule has 0 fully saturated rings. The lowest BCUT2D eigenvalue weighted by atomic mass is 10.1. The Bertz CT molecular complexity index is 909. The average Bonchev–Trinajstić information content (AvgIpc) is 2.63. The molecule has 0 unspecified atom stereocenters. The van der Waals surface area contributed by atoms with Crippen molar-refractivity contribution in [3.05, 3.63) is 69.6 Å². The van der Waals surface area contributed by atoms with E-state index in [1.807, 2.05) is 0 Å². The maximum Gasteiger partial charge on any atom is 0.417 e. The fourth-order valence-corrected chi connectivity index (χ4v) is 2.32. The van der Waals surface area contributed by atoms with Gasteiger partial charge in [0.2, 0.25) is 0 Å². The fourth-order valence-electron chi connectivity index (χ4n) is 2.32. The largest absolute Gasteiger partial charge is 0.417 e. The summed E-state index contributed by atoms with van der Waals surface area (Å²) in [6, 6.07) is 6.74. The Labute approximate surface area is 158 Å². The zero-order chi connectivity index (χ0) is 20.7. The Morgan fingerprint density at radius 3 is 2.61 bits per heavy atom. The van der Waals surface area contributed by atoms with E-state index in [1.165, 1.54) is 25.3 Å². The van der Waals surface area contributed by atoms with Crippen LogP contribution in [-0.2, 0) is 17.5 Å². The van der Waals surface area contributed by atoms with Crippen LogP contribution in [0.5, 0.6) is 0 Å². The second kappa shape index (κ2) is 9.18. The minimum Gasteiger partial charge on any atom is -0.383 e. The van der Waals surface area contributed by atoms with Crippen molar-refractivity contribution < 1.29 is 27.5 Å². The number of benzene rings is 1. The number of pyridine rings is 1. The molecular formula is C18H18F3N3O4. The van der Waals surface area contributed by atoms with Gasteiger partial charge in [0.25, 0.3) is 11.5 Å². The Kier molecular flexibility index (Phi) is 6.94. The van der Waals surface area contributed by atoms with Gasteiger partial charge in [0, 0.05) is 31.5 Å². The first-order chi connectivity index (χ1) is 13.2. The van der Waals surface area contributed by atoms with Gasteiger partial charge in [0.05, 0.1) is 18.7 Å². The molecule has 150 valence electrons. The molecule has 0 radical (unpaired) electrons. The number of halogens is 3. The van der Waals surface area contributed by atoms with Crippen molar-refractivity contribution in [2.75, 3.05) is 20.3 Å². The minimum atomic E-state index is -4.58. The van der Waals surface area contributed by atoms with E-state index < -0.39 is 29.2 Å². The number of nitrogens with one attached hydrogen (secondary N) is 2. The molecule has 3 amide bonds. The monoisotopic (exact) mass is 397 g/mol. The maximum absolute atomic E-state index is 12.8. The zero-order valence-corrected chi connectivity index (χ0v) is 14.9. The molecule has 0 saturated heterocycles. The molecule has 2 N–H and O–H groups in total. The third-order valence-electron chi connectivity index (χ3n) is 3.67. The van der Waals surface area contributed by atoms with E-state index in [0.29, 0.717) is 11.6 Å². The highest BCUT2D eigenvalue weighted by Crippen LogP contribution is 2.28. The average molecular weight is 397 g/mol. The maximum atomic E-state index is 12.8. The van der Waals surface area contributed by atoms with Gasteiger partial charge in [0.15, 0.2) is 0 Å². The number of urea groups is 1. The van der Waals surface area contributed by atoms with Crippen LogP contribution < -0.4 is 16.2 Å². The van der Waals surface area contributed by atoms with E-state index >= 15 is 0 Å². The Hall–Kier alpha value is -3.14. The third kappa shape index (κ3) is 5.95. The number of carbonyl (C=O) groups excluding carboxylic acids is 2. The normalized spacial score (nSPS) is 11.1. The van der Waals surface area contributed by atoms with E-state index in [4.69, 9.17) is 4.74 Å². The highest BCUT2D eigenvalue weighted by Gasteiger charge is 2.31. The van der Waals surface area contributed by atoms with Crippen LogP contribution in [0, 0.1) is 0 Å².